The third-order valence-electron chi connectivity index (χ3n) is 3.94. The van der Waals surface area contributed by atoms with Gasteiger partial charge in [0.15, 0.2) is 0 Å². The number of nitrogens with zero attached hydrogens (tertiary/aromatic N) is 3. The lowest BCUT2D eigenvalue weighted by molar-refractivity contribution is -0.135. The maximum Gasteiger partial charge on any atom is 0.273 e. The van der Waals surface area contributed by atoms with Crippen LogP contribution in [0.1, 0.15) is 26.6 Å². The van der Waals surface area contributed by atoms with Crippen LogP contribution in [0.25, 0.3) is 0 Å². The van der Waals surface area contributed by atoms with Gasteiger partial charge >= 0.3 is 0 Å². The first kappa shape index (κ1) is 15.7. The van der Waals surface area contributed by atoms with E-state index < -0.39 is 0 Å². The molecule has 0 unspecified atom stereocenters. The van der Waals surface area contributed by atoms with E-state index in [-0.39, 0.29) is 18.4 Å². The van der Waals surface area contributed by atoms with E-state index >= 15 is 0 Å². The van der Waals surface area contributed by atoms with Crippen LogP contribution in [-0.4, -0.2) is 46.2 Å². The topological polar surface area (TPSA) is 53.5 Å². The first-order chi connectivity index (χ1) is 11.0. The fraction of sp³-hybridized carbons (Fsp3) is 0.353. The zero-order valence-corrected chi connectivity index (χ0v) is 14.1. The van der Waals surface area contributed by atoms with Gasteiger partial charge in [-0.2, -0.15) is 0 Å². The molecule has 1 aliphatic rings. The fourth-order valence-corrected chi connectivity index (χ4v) is 3.17. The van der Waals surface area contributed by atoms with Gasteiger partial charge in [-0.1, -0.05) is 29.8 Å². The first-order valence-corrected chi connectivity index (χ1v) is 8.45. The molecule has 23 heavy (non-hydrogen) atoms. The van der Waals surface area contributed by atoms with Crippen molar-refractivity contribution < 1.29 is 9.59 Å². The van der Waals surface area contributed by atoms with Gasteiger partial charge in [0.1, 0.15) is 12.2 Å². The van der Waals surface area contributed by atoms with Gasteiger partial charge in [-0.25, -0.2) is 4.98 Å². The van der Waals surface area contributed by atoms with Crippen molar-refractivity contribution in [2.45, 2.75) is 20.4 Å². The molecular weight excluding hydrogens is 310 g/mol. The van der Waals surface area contributed by atoms with Gasteiger partial charge in [0.05, 0.1) is 5.01 Å². The van der Waals surface area contributed by atoms with E-state index in [0.29, 0.717) is 25.3 Å². The van der Waals surface area contributed by atoms with Crippen LogP contribution < -0.4 is 0 Å². The molecule has 0 spiro atoms. The normalized spacial score (nSPS) is 15.1. The highest BCUT2D eigenvalue weighted by molar-refractivity contribution is 7.09. The Morgan fingerprint density at radius 1 is 1.22 bits per heavy atom. The van der Waals surface area contributed by atoms with Crippen LogP contribution >= 0.6 is 11.3 Å². The molecule has 1 aromatic carbocycles. The molecule has 2 heterocycles. The summed E-state index contributed by atoms with van der Waals surface area (Å²) < 4.78 is 0. The van der Waals surface area contributed by atoms with Crippen molar-refractivity contribution in [3.05, 3.63) is 51.5 Å². The number of thiazole rings is 1. The Balaban J connectivity index is 1.62. The summed E-state index contributed by atoms with van der Waals surface area (Å²) in [7, 11) is 0. The van der Waals surface area contributed by atoms with Crippen molar-refractivity contribution >= 4 is 23.2 Å². The summed E-state index contributed by atoms with van der Waals surface area (Å²) in [6.07, 6.45) is 0. The minimum atomic E-state index is -0.155. The molecule has 0 saturated carbocycles. The number of aryl methyl sites for hydroxylation is 2. The maximum absolute atomic E-state index is 12.4. The summed E-state index contributed by atoms with van der Waals surface area (Å²) in [6.45, 7) is 5.73. The lowest BCUT2D eigenvalue weighted by Crippen LogP contribution is -2.51. The molecule has 5 nitrogen and oxygen atoms in total. The molecular formula is C17H19N3O2S. The molecule has 3 rings (SSSR count). The predicted molar refractivity (Wildman–Crippen MR) is 89.4 cm³/mol. The third kappa shape index (κ3) is 3.59. The number of hydrogen-bond donors (Lipinski definition) is 0. The van der Waals surface area contributed by atoms with Gasteiger partial charge in [-0.3, -0.25) is 9.59 Å². The monoisotopic (exact) mass is 329 g/mol. The molecule has 1 fully saturated rings. The van der Waals surface area contributed by atoms with Crippen molar-refractivity contribution in [1.29, 1.82) is 0 Å². The number of piperazine rings is 1. The van der Waals surface area contributed by atoms with Gasteiger partial charge in [0.2, 0.25) is 5.91 Å². The van der Waals surface area contributed by atoms with Crippen molar-refractivity contribution in [3.8, 4) is 0 Å². The van der Waals surface area contributed by atoms with Crippen LogP contribution in [0.15, 0.2) is 29.6 Å². The van der Waals surface area contributed by atoms with Crippen LogP contribution in [0.3, 0.4) is 0 Å². The highest BCUT2D eigenvalue weighted by Gasteiger charge is 2.28. The first-order valence-electron chi connectivity index (χ1n) is 7.57. The van der Waals surface area contributed by atoms with E-state index in [1.807, 2.05) is 38.1 Å². The average molecular weight is 329 g/mol. The summed E-state index contributed by atoms with van der Waals surface area (Å²) in [5.41, 5.74) is 2.75. The van der Waals surface area contributed by atoms with Crippen molar-refractivity contribution in [3.63, 3.8) is 0 Å². The molecule has 0 N–H and O–H groups in total. The molecule has 0 atom stereocenters. The Morgan fingerprint density at radius 2 is 1.96 bits per heavy atom. The molecule has 1 saturated heterocycles. The zero-order chi connectivity index (χ0) is 16.4. The highest BCUT2D eigenvalue weighted by atomic mass is 32.1. The number of hydrogen-bond acceptors (Lipinski definition) is 4. The third-order valence-corrected chi connectivity index (χ3v) is 4.71. The van der Waals surface area contributed by atoms with E-state index in [4.69, 9.17) is 0 Å². The van der Waals surface area contributed by atoms with Gasteiger partial charge in [0.25, 0.3) is 5.91 Å². The minimum Gasteiger partial charge on any atom is -0.335 e. The maximum atomic E-state index is 12.4. The van der Waals surface area contributed by atoms with Crippen molar-refractivity contribution in [1.82, 2.24) is 14.8 Å². The molecule has 1 aliphatic heterocycles. The fourth-order valence-electron chi connectivity index (χ4n) is 2.59. The molecule has 2 amide bonds. The highest BCUT2D eigenvalue weighted by Crippen LogP contribution is 2.15. The number of rotatable bonds is 3. The molecule has 6 heteroatoms. The van der Waals surface area contributed by atoms with Crippen molar-refractivity contribution in [2.24, 2.45) is 0 Å². The lowest BCUT2D eigenvalue weighted by Gasteiger charge is -2.34. The smallest absolute Gasteiger partial charge is 0.273 e. The average Bonchev–Trinajstić information content (AvgIpc) is 2.97. The summed E-state index contributed by atoms with van der Waals surface area (Å²) in [5, 5.41) is 2.61. The standard InChI is InChI=1S/C17H19N3O2S/c1-12-3-5-14(6-4-12)9-19-7-8-20(10-16(19)21)17(22)15-11-23-13(2)18-15/h3-6,11H,7-10H2,1-2H3. The quantitative estimate of drug-likeness (QED) is 0.868. The Kier molecular flexibility index (Phi) is 4.43. The van der Waals surface area contributed by atoms with Gasteiger partial charge in [0, 0.05) is 25.0 Å². The van der Waals surface area contributed by atoms with Gasteiger partial charge in [-0.15, -0.1) is 11.3 Å². The second kappa shape index (κ2) is 6.50. The zero-order valence-electron chi connectivity index (χ0n) is 13.3. The van der Waals surface area contributed by atoms with Crippen molar-refractivity contribution in [2.75, 3.05) is 19.6 Å². The van der Waals surface area contributed by atoms with Crippen LogP contribution in [-0.2, 0) is 11.3 Å². The Hall–Kier alpha value is -2.21. The van der Waals surface area contributed by atoms with E-state index in [1.165, 1.54) is 16.9 Å². The summed E-state index contributed by atoms with van der Waals surface area (Å²) in [4.78, 5) is 32.3. The predicted octanol–water partition coefficient (Wildman–Crippen LogP) is 2.24. The van der Waals surface area contributed by atoms with E-state index in [2.05, 4.69) is 4.98 Å². The van der Waals surface area contributed by atoms with E-state index in [1.54, 1.807) is 15.2 Å². The second-order valence-electron chi connectivity index (χ2n) is 5.78. The van der Waals surface area contributed by atoms with Gasteiger partial charge < -0.3 is 9.80 Å². The number of aromatic nitrogens is 1. The molecule has 1 aromatic heterocycles. The minimum absolute atomic E-state index is 0.0165. The molecule has 0 aliphatic carbocycles. The number of carbonyl (C=O) groups excluding carboxylic acids is 2. The molecule has 120 valence electrons. The van der Waals surface area contributed by atoms with Crippen LogP contribution in [0.4, 0.5) is 0 Å². The van der Waals surface area contributed by atoms with Crippen LogP contribution in [0.2, 0.25) is 0 Å². The number of benzene rings is 1. The molecule has 0 radical (unpaired) electrons. The summed E-state index contributed by atoms with van der Waals surface area (Å²) in [6, 6.07) is 8.17. The largest absolute Gasteiger partial charge is 0.335 e. The molecule has 0 bridgehead atoms. The number of carbonyl (C=O) groups is 2. The SMILES string of the molecule is Cc1ccc(CN2CCN(C(=O)c3csc(C)n3)CC2=O)cc1. The summed E-state index contributed by atoms with van der Waals surface area (Å²) >= 11 is 1.45. The van der Waals surface area contributed by atoms with E-state index in [0.717, 1.165) is 10.6 Å². The second-order valence-corrected chi connectivity index (χ2v) is 6.84. The molecule has 2 aromatic rings. The van der Waals surface area contributed by atoms with Gasteiger partial charge in [-0.05, 0) is 19.4 Å². The Morgan fingerprint density at radius 3 is 2.57 bits per heavy atom. The Bertz CT molecular complexity index is 724. The van der Waals surface area contributed by atoms with Crippen LogP contribution in [0.5, 0.6) is 0 Å². The lowest BCUT2D eigenvalue weighted by atomic mass is 10.1. The number of amides is 2. The van der Waals surface area contributed by atoms with Crippen LogP contribution in [0, 0.1) is 13.8 Å². The Labute approximate surface area is 139 Å². The van der Waals surface area contributed by atoms with E-state index in [9.17, 15) is 9.59 Å². The summed E-state index contributed by atoms with van der Waals surface area (Å²) in [5.74, 6) is -0.171.